The number of aromatic nitrogens is 10. The number of nitrogens with zero attached hydrogens (tertiary/aromatic N) is 14. The van der Waals surface area contributed by atoms with Gasteiger partial charge in [-0.25, -0.2) is 71.8 Å². The van der Waals surface area contributed by atoms with Gasteiger partial charge in [0.05, 0.1) is 49.7 Å². The minimum Gasteiger partial charge on any atom is -0.359 e. The minimum absolute atomic E-state index is 0.153. The maximum atomic E-state index is 14.2. The molecule has 4 aliphatic rings. The van der Waals surface area contributed by atoms with E-state index in [9.17, 15) is 26.3 Å². The van der Waals surface area contributed by atoms with E-state index in [1.54, 1.807) is 55.4 Å². The first-order valence-electron chi connectivity index (χ1n) is 19.2. The Morgan fingerprint density at radius 1 is 0.533 bits per heavy atom. The maximum absolute atomic E-state index is 14.2. The summed E-state index contributed by atoms with van der Waals surface area (Å²) in [5.41, 5.74) is 3.99. The van der Waals surface area contributed by atoms with Crippen molar-refractivity contribution in [3.8, 4) is 23.3 Å². The summed E-state index contributed by atoms with van der Waals surface area (Å²) in [6.07, 6.45) is 11.2. The van der Waals surface area contributed by atoms with Crippen LogP contribution in [-0.2, 0) is 12.8 Å². The lowest BCUT2D eigenvalue weighted by Crippen LogP contribution is -2.56. The molecule has 20 heteroatoms. The van der Waals surface area contributed by atoms with Crippen LogP contribution < -0.4 is 19.6 Å². The molecule has 0 spiro atoms. The largest absolute Gasteiger partial charge is 0.359 e. The maximum Gasteiger partial charge on any atom is 0.282 e. The van der Waals surface area contributed by atoms with Crippen molar-refractivity contribution in [1.29, 1.82) is 0 Å². The second kappa shape index (κ2) is 15.2. The predicted octanol–water partition coefficient (Wildman–Crippen LogP) is 6.09. The van der Waals surface area contributed by atoms with E-state index < -0.39 is 49.8 Å². The molecule has 6 aromatic heterocycles. The zero-order valence-corrected chi connectivity index (χ0v) is 32.3. The van der Waals surface area contributed by atoms with Gasteiger partial charge in [0.15, 0.2) is 23.3 Å². The minimum atomic E-state index is -2.75. The predicted molar refractivity (Wildman–Crippen MR) is 208 cm³/mol. The quantitative estimate of drug-likeness (QED) is 0.141. The highest BCUT2D eigenvalue weighted by molar-refractivity contribution is 5.59. The number of anilines is 4. The summed E-state index contributed by atoms with van der Waals surface area (Å²) in [6.45, 7) is 3.34. The Hall–Kier alpha value is -6.60. The zero-order chi connectivity index (χ0) is 41.8. The molecule has 2 unspecified atom stereocenters. The molecule has 308 valence electrons. The molecule has 0 saturated carbocycles. The first kappa shape index (κ1) is 38.9. The van der Waals surface area contributed by atoms with E-state index in [-0.39, 0.29) is 17.9 Å². The number of halogens is 6. The molecule has 0 bridgehead atoms. The van der Waals surface area contributed by atoms with Crippen LogP contribution in [0.5, 0.6) is 0 Å². The van der Waals surface area contributed by atoms with Crippen LogP contribution in [0.25, 0.3) is 23.3 Å². The molecule has 0 N–H and O–H groups in total. The van der Waals surface area contributed by atoms with Gasteiger partial charge in [0.25, 0.3) is 11.8 Å². The number of hydrogen-bond acceptors (Lipinski definition) is 14. The summed E-state index contributed by atoms with van der Waals surface area (Å²) >= 11 is 0. The van der Waals surface area contributed by atoms with E-state index in [1.807, 2.05) is 23.6 Å². The van der Waals surface area contributed by atoms with Crippen molar-refractivity contribution >= 4 is 23.1 Å². The van der Waals surface area contributed by atoms with Gasteiger partial charge in [-0.3, -0.25) is 0 Å². The Bertz CT molecular complexity index is 2340. The van der Waals surface area contributed by atoms with Crippen LogP contribution >= 0.6 is 0 Å². The molecule has 10 heterocycles. The van der Waals surface area contributed by atoms with Crippen LogP contribution in [0.4, 0.5) is 49.5 Å². The number of pyridine rings is 2. The molecule has 60 heavy (non-hydrogen) atoms. The van der Waals surface area contributed by atoms with Crippen LogP contribution in [0.2, 0.25) is 0 Å². The molecule has 2 saturated heterocycles. The summed E-state index contributed by atoms with van der Waals surface area (Å²) in [5, 5.41) is 0. The van der Waals surface area contributed by atoms with Gasteiger partial charge in [-0.05, 0) is 26.0 Å². The first-order valence-corrected chi connectivity index (χ1v) is 19.2. The van der Waals surface area contributed by atoms with Crippen molar-refractivity contribution < 1.29 is 26.3 Å². The van der Waals surface area contributed by atoms with Crippen LogP contribution in [0.3, 0.4) is 0 Å². The molecule has 6 aromatic rings. The number of fused-ring (bicyclic) bond motifs is 2. The van der Waals surface area contributed by atoms with Crippen molar-refractivity contribution in [2.45, 2.75) is 50.6 Å². The molecule has 2 fully saturated rings. The third kappa shape index (κ3) is 7.80. The average Bonchev–Trinajstić information content (AvgIpc) is 3.22. The van der Waals surface area contributed by atoms with E-state index in [0.29, 0.717) is 66.6 Å². The monoisotopic (exact) mass is 826 g/mol. The van der Waals surface area contributed by atoms with Gasteiger partial charge in [0.2, 0.25) is 5.95 Å². The van der Waals surface area contributed by atoms with Gasteiger partial charge in [-0.1, -0.05) is 0 Å². The summed E-state index contributed by atoms with van der Waals surface area (Å²) in [6, 6.07) is 8.52. The molecule has 0 aliphatic carbocycles. The lowest BCUT2D eigenvalue weighted by Gasteiger charge is -2.41. The molecular weight excluding hydrogens is 791 g/mol. The molecule has 0 amide bonds. The lowest BCUT2D eigenvalue weighted by atomic mass is 9.99. The molecule has 0 aromatic carbocycles. The van der Waals surface area contributed by atoms with Gasteiger partial charge >= 0.3 is 0 Å². The highest BCUT2D eigenvalue weighted by Crippen LogP contribution is 2.38. The lowest BCUT2D eigenvalue weighted by molar-refractivity contribution is -0.0271. The molecular formula is C40H36F6N14. The molecule has 14 nitrogen and oxygen atoms in total. The highest BCUT2D eigenvalue weighted by atomic mass is 19.3. The van der Waals surface area contributed by atoms with Crippen molar-refractivity contribution in [2.75, 3.05) is 58.9 Å². The number of rotatable bonds is 6. The molecule has 2 atom stereocenters. The van der Waals surface area contributed by atoms with Crippen LogP contribution in [0, 0.1) is 11.8 Å². The summed E-state index contributed by atoms with van der Waals surface area (Å²) in [5.74, 6) is -3.79. The van der Waals surface area contributed by atoms with E-state index in [4.69, 9.17) is 0 Å². The smallest absolute Gasteiger partial charge is 0.282 e. The molecule has 0 radical (unpaired) electrons. The number of hydrogen-bond donors (Lipinski definition) is 0. The Balaban J connectivity index is 0.000000154. The summed E-state index contributed by atoms with van der Waals surface area (Å²) in [4.78, 5) is 49.9. The summed E-state index contributed by atoms with van der Waals surface area (Å²) < 4.78 is 81.3. The average molecular weight is 827 g/mol. The van der Waals surface area contributed by atoms with Crippen molar-refractivity contribution in [3.63, 3.8) is 0 Å². The molecule has 4 aliphatic heterocycles. The fourth-order valence-electron chi connectivity index (χ4n) is 7.75. The van der Waals surface area contributed by atoms with E-state index >= 15 is 0 Å². The Morgan fingerprint density at radius 2 is 1.00 bits per heavy atom. The van der Waals surface area contributed by atoms with E-state index in [1.165, 1.54) is 28.0 Å². The molecule has 10 rings (SSSR count). The fraction of sp³-hybridized carbons (Fsp3) is 0.350. The second-order valence-corrected chi connectivity index (χ2v) is 15.0. The van der Waals surface area contributed by atoms with Gasteiger partial charge in [-0.2, -0.15) is 4.39 Å². The second-order valence-electron chi connectivity index (χ2n) is 15.0. The van der Waals surface area contributed by atoms with Crippen LogP contribution in [0.1, 0.15) is 48.4 Å². The van der Waals surface area contributed by atoms with Gasteiger partial charge < -0.3 is 19.6 Å². The van der Waals surface area contributed by atoms with E-state index in [0.717, 1.165) is 22.5 Å². The third-order valence-electron chi connectivity index (χ3n) is 10.8. The van der Waals surface area contributed by atoms with Gasteiger partial charge in [-0.15, -0.1) is 0 Å². The third-order valence-corrected chi connectivity index (χ3v) is 10.8. The normalized spacial score (nSPS) is 19.9. The SMILES string of the molecule is CC1c2cnc(-c3ncccn3)nc2CCN1c1cc(F)cc(N2CC(F)(F)C2)n1.CC1c2cnc(-c3ncccn3)nc2CCN1c1cc(N2CC(F)(F)C2)cc(F)n1. The van der Waals surface area contributed by atoms with Gasteiger partial charge in [0.1, 0.15) is 23.3 Å². The van der Waals surface area contributed by atoms with Crippen molar-refractivity contribution in [3.05, 3.63) is 108 Å². The number of alkyl halides is 4. The Kier molecular flexibility index (Phi) is 9.86. The fourth-order valence-corrected chi connectivity index (χ4v) is 7.75. The van der Waals surface area contributed by atoms with E-state index in [2.05, 4.69) is 49.8 Å². The van der Waals surface area contributed by atoms with Gasteiger partial charge in [0, 0.05) is 104 Å². The highest BCUT2D eigenvalue weighted by Gasteiger charge is 2.45. The zero-order valence-electron chi connectivity index (χ0n) is 32.3. The topological polar surface area (TPSA) is 142 Å². The Morgan fingerprint density at radius 3 is 1.50 bits per heavy atom. The van der Waals surface area contributed by atoms with Crippen LogP contribution in [0.15, 0.2) is 73.6 Å². The van der Waals surface area contributed by atoms with Crippen molar-refractivity contribution in [1.82, 2.24) is 49.8 Å². The van der Waals surface area contributed by atoms with Crippen molar-refractivity contribution in [2.24, 2.45) is 0 Å². The standard InChI is InChI=1S/2C20H18F3N7/c1-12-14-9-26-19(18-24-4-2-5-25-18)27-15(14)3-6-30(12)17-8-13(7-16(21)28-17)29-10-20(22,23)11-29;1-12-14-9-26-19(18-24-4-2-5-25-18)27-15(14)3-6-30(12)17-8-13(21)7-16(28-17)29-10-20(22,23)11-29/h2*2,4-5,7-9,12H,3,6,10-11H2,1H3. The first-order chi connectivity index (χ1) is 28.8. The summed E-state index contributed by atoms with van der Waals surface area (Å²) in [7, 11) is 0. The Labute approximate surface area is 339 Å². The van der Waals surface area contributed by atoms with Crippen LogP contribution in [-0.4, -0.2) is 101 Å².